The highest BCUT2D eigenvalue weighted by molar-refractivity contribution is 6.39. The molecule has 2 unspecified atom stereocenters. The standard InChI is InChI=1S/C21H27FN6O3/c1-12-9-16(25-19(31)18(30)23-11-13-5-7-14(22)8-6-13)28(27-12)20-24-15(21(2,3)4)10-17(29)26-20/h5-9,15,20,24H,10-11H2,1-4H3,(H,23,30)(H,25,31)(H,26,29). The van der Waals surface area contributed by atoms with Crippen molar-refractivity contribution in [3.8, 4) is 0 Å². The van der Waals surface area contributed by atoms with Gasteiger partial charge < -0.3 is 16.0 Å². The van der Waals surface area contributed by atoms with Crippen LogP contribution >= 0.6 is 0 Å². The van der Waals surface area contributed by atoms with Crippen LogP contribution in [0.25, 0.3) is 0 Å². The van der Waals surface area contributed by atoms with Crippen molar-refractivity contribution in [1.82, 2.24) is 25.7 Å². The second kappa shape index (κ2) is 8.84. The van der Waals surface area contributed by atoms with Crippen molar-refractivity contribution in [3.05, 3.63) is 47.4 Å². The number of rotatable bonds is 4. The molecule has 2 aromatic rings. The minimum atomic E-state index is -0.877. The van der Waals surface area contributed by atoms with Gasteiger partial charge in [0.05, 0.1) is 5.69 Å². The van der Waals surface area contributed by atoms with Gasteiger partial charge in [-0.3, -0.25) is 19.7 Å². The van der Waals surface area contributed by atoms with Gasteiger partial charge in [-0.1, -0.05) is 32.9 Å². The van der Waals surface area contributed by atoms with E-state index in [0.29, 0.717) is 17.7 Å². The fourth-order valence-electron chi connectivity index (χ4n) is 3.22. The molecule has 31 heavy (non-hydrogen) atoms. The Morgan fingerprint density at radius 1 is 1.23 bits per heavy atom. The summed E-state index contributed by atoms with van der Waals surface area (Å²) < 4.78 is 14.4. The Hall–Kier alpha value is -3.27. The summed E-state index contributed by atoms with van der Waals surface area (Å²) in [6, 6.07) is 7.11. The average Bonchev–Trinajstić information content (AvgIpc) is 3.06. The van der Waals surface area contributed by atoms with Gasteiger partial charge in [0.25, 0.3) is 0 Å². The van der Waals surface area contributed by atoms with Crippen molar-refractivity contribution in [2.75, 3.05) is 5.32 Å². The maximum atomic E-state index is 13.0. The van der Waals surface area contributed by atoms with Crippen molar-refractivity contribution in [2.24, 2.45) is 5.41 Å². The quantitative estimate of drug-likeness (QED) is 0.550. The minimum absolute atomic E-state index is 0.0817. The third-order valence-corrected chi connectivity index (χ3v) is 5.01. The van der Waals surface area contributed by atoms with Gasteiger partial charge in [-0.25, -0.2) is 9.07 Å². The van der Waals surface area contributed by atoms with Crippen molar-refractivity contribution in [3.63, 3.8) is 0 Å². The van der Waals surface area contributed by atoms with E-state index in [9.17, 15) is 18.8 Å². The number of aryl methyl sites for hydroxylation is 1. The normalized spacial score (nSPS) is 18.9. The smallest absolute Gasteiger partial charge is 0.314 e. The summed E-state index contributed by atoms with van der Waals surface area (Å²) in [4.78, 5) is 36.8. The lowest BCUT2D eigenvalue weighted by molar-refractivity contribution is -0.136. The van der Waals surface area contributed by atoms with Crippen LogP contribution in [0.15, 0.2) is 30.3 Å². The van der Waals surface area contributed by atoms with E-state index in [1.54, 1.807) is 13.0 Å². The molecule has 2 atom stereocenters. The van der Waals surface area contributed by atoms with E-state index >= 15 is 0 Å². The topological polar surface area (TPSA) is 117 Å². The first-order valence-corrected chi connectivity index (χ1v) is 9.98. The molecular formula is C21H27FN6O3. The monoisotopic (exact) mass is 430 g/mol. The van der Waals surface area contributed by atoms with E-state index < -0.39 is 18.1 Å². The molecule has 0 aliphatic carbocycles. The molecule has 1 fully saturated rings. The van der Waals surface area contributed by atoms with E-state index in [4.69, 9.17) is 0 Å². The van der Waals surface area contributed by atoms with Crippen LogP contribution < -0.4 is 21.3 Å². The predicted molar refractivity (Wildman–Crippen MR) is 112 cm³/mol. The minimum Gasteiger partial charge on any atom is -0.344 e. The number of carbonyl (C=O) groups excluding carboxylic acids is 3. The Morgan fingerprint density at radius 3 is 2.55 bits per heavy atom. The van der Waals surface area contributed by atoms with E-state index in [1.807, 2.05) is 20.8 Å². The molecule has 1 aromatic heterocycles. The van der Waals surface area contributed by atoms with E-state index in [2.05, 4.69) is 26.4 Å². The van der Waals surface area contributed by atoms with Crippen LogP contribution in [0.5, 0.6) is 0 Å². The first-order chi connectivity index (χ1) is 14.5. The number of halogens is 1. The molecule has 2 heterocycles. The molecule has 0 bridgehead atoms. The van der Waals surface area contributed by atoms with Crippen molar-refractivity contribution in [1.29, 1.82) is 0 Å². The number of carbonyl (C=O) groups is 3. The fourth-order valence-corrected chi connectivity index (χ4v) is 3.22. The van der Waals surface area contributed by atoms with Crippen LogP contribution in [0.4, 0.5) is 10.2 Å². The first kappa shape index (κ1) is 22.4. The van der Waals surface area contributed by atoms with Crippen LogP contribution in [0.1, 0.15) is 44.7 Å². The van der Waals surface area contributed by atoms with Gasteiger partial charge in [0.15, 0.2) is 6.29 Å². The Labute approximate surface area is 179 Å². The van der Waals surface area contributed by atoms with Crippen LogP contribution in [0.2, 0.25) is 0 Å². The second-order valence-corrected chi connectivity index (χ2v) is 8.64. The summed E-state index contributed by atoms with van der Waals surface area (Å²) in [7, 11) is 0. The van der Waals surface area contributed by atoms with Gasteiger partial charge in [-0.2, -0.15) is 5.10 Å². The molecule has 9 nitrogen and oxygen atoms in total. The molecule has 1 aromatic carbocycles. The summed E-state index contributed by atoms with van der Waals surface area (Å²) in [5.74, 6) is -1.97. The summed E-state index contributed by atoms with van der Waals surface area (Å²) >= 11 is 0. The van der Waals surface area contributed by atoms with Crippen LogP contribution in [-0.2, 0) is 20.9 Å². The third-order valence-electron chi connectivity index (χ3n) is 5.01. The predicted octanol–water partition coefficient (Wildman–Crippen LogP) is 1.57. The lowest BCUT2D eigenvalue weighted by Crippen LogP contribution is -2.57. The largest absolute Gasteiger partial charge is 0.344 e. The zero-order valence-electron chi connectivity index (χ0n) is 18.0. The Balaban J connectivity index is 1.68. The zero-order valence-corrected chi connectivity index (χ0v) is 18.0. The van der Waals surface area contributed by atoms with Crippen molar-refractivity contribution < 1.29 is 18.8 Å². The number of hydrogen-bond donors (Lipinski definition) is 4. The number of nitrogens with one attached hydrogen (secondary N) is 4. The van der Waals surface area contributed by atoms with Crippen LogP contribution in [-0.4, -0.2) is 33.5 Å². The van der Waals surface area contributed by atoms with Gasteiger partial charge in [0.2, 0.25) is 5.91 Å². The van der Waals surface area contributed by atoms with E-state index in [0.717, 1.165) is 0 Å². The Kier molecular flexibility index (Phi) is 6.40. The summed E-state index contributed by atoms with van der Waals surface area (Å²) in [6.07, 6.45) is -0.343. The van der Waals surface area contributed by atoms with E-state index in [1.165, 1.54) is 28.9 Å². The molecule has 1 aliphatic rings. The molecule has 1 aliphatic heterocycles. The molecule has 1 saturated heterocycles. The van der Waals surface area contributed by atoms with Crippen molar-refractivity contribution in [2.45, 2.75) is 53.0 Å². The summed E-state index contributed by atoms with van der Waals surface area (Å²) in [5.41, 5.74) is 1.10. The summed E-state index contributed by atoms with van der Waals surface area (Å²) in [5, 5.41) is 15.5. The van der Waals surface area contributed by atoms with Gasteiger partial charge in [-0.05, 0) is 30.0 Å². The molecule has 3 amide bonds. The molecular weight excluding hydrogens is 403 g/mol. The Morgan fingerprint density at radius 2 is 1.90 bits per heavy atom. The molecule has 3 rings (SSSR count). The maximum Gasteiger partial charge on any atom is 0.314 e. The number of hydrogen-bond acceptors (Lipinski definition) is 5. The molecule has 0 saturated carbocycles. The van der Waals surface area contributed by atoms with Gasteiger partial charge in [0.1, 0.15) is 11.6 Å². The molecule has 0 radical (unpaired) electrons. The first-order valence-electron chi connectivity index (χ1n) is 9.98. The fraction of sp³-hybridized carbons (Fsp3) is 0.429. The number of anilines is 1. The molecule has 10 heteroatoms. The van der Waals surface area contributed by atoms with Crippen LogP contribution in [0.3, 0.4) is 0 Å². The van der Waals surface area contributed by atoms with Gasteiger partial charge in [-0.15, -0.1) is 0 Å². The van der Waals surface area contributed by atoms with E-state index in [-0.39, 0.29) is 35.5 Å². The Bertz CT molecular complexity index is 980. The zero-order chi connectivity index (χ0) is 22.8. The number of aromatic nitrogens is 2. The van der Waals surface area contributed by atoms with Crippen molar-refractivity contribution >= 4 is 23.5 Å². The van der Waals surface area contributed by atoms with Gasteiger partial charge in [0, 0.05) is 25.1 Å². The maximum absolute atomic E-state index is 13.0. The number of amides is 3. The highest BCUT2D eigenvalue weighted by atomic mass is 19.1. The molecule has 4 N–H and O–H groups in total. The van der Waals surface area contributed by atoms with Gasteiger partial charge >= 0.3 is 11.8 Å². The number of benzene rings is 1. The lowest BCUT2D eigenvalue weighted by Gasteiger charge is -2.39. The molecule has 166 valence electrons. The third kappa shape index (κ3) is 5.66. The highest BCUT2D eigenvalue weighted by Crippen LogP contribution is 2.27. The number of nitrogens with zero attached hydrogens (tertiary/aromatic N) is 2. The average molecular weight is 430 g/mol. The lowest BCUT2D eigenvalue weighted by atomic mass is 9.84. The summed E-state index contributed by atoms with van der Waals surface area (Å²) in [6.45, 7) is 7.92. The SMILES string of the molecule is Cc1cc(NC(=O)C(=O)NCc2ccc(F)cc2)n(C2NC(=O)CC(C(C)(C)C)N2)n1. The highest BCUT2D eigenvalue weighted by Gasteiger charge is 2.35. The second-order valence-electron chi connectivity index (χ2n) is 8.64. The molecule has 0 spiro atoms. The van der Waals surface area contributed by atoms with Crippen LogP contribution in [0, 0.1) is 18.2 Å².